The molecule has 0 aliphatic carbocycles. The van der Waals surface area contributed by atoms with E-state index in [-0.39, 0.29) is 23.7 Å². The molecule has 0 aliphatic rings. The summed E-state index contributed by atoms with van der Waals surface area (Å²) in [6.07, 6.45) is 0. The summed E-state index contributed by atoms with van der Waals surface area (Å²) in [7, 11) is 0. The van der Waals surface area contributed by atoms with Gasteiger partial charge in [0.2, 0.25) is 0 Å². The molecule has 0 unspecified atom stereocenters. The standard InChI is InChI=1S/C26H26ClNO3/c1-17-10-13-23(21(14-17)26(2,3)4)31-16-24(29)28-22-12-11-19(27)15-20(22)25(30)18-8-6-5-7-9-18/h5-15H,16H2,1-4H3,(H,28,29). The molecule has 5 heteroatoms. The third-order valence-corrected chi connectivity index (χ3v) is 5.07. The van der Waals surface area contributed by atoms with Gasteiger partial charge >= 0.3 is 0 Å². The zero-order chi connectivity index (χ0) is 22.6. The summed E-state index contributed by atoms with van der Waals surface area (Å²) in [5.74, 6) is 0.0997. The number of nitrogens with one attached hydrogen (secondary N) is 1. The fraction of sp³-hybridized carbons (Fsp3) is 0.231. The first-order valence-corrected chi connectivity index (χ1v) is 10.5. The Morgan fingerprint density at radius 2 is 1.68 bits per heavy atom. The third kappa shape index (κ3) is 5.74. The molecule has 0 radical (unpaired) electrons. The Morgan fingerprint density at radius 1 is 0.968 bits per heavy atom. The van der Waals surface area contributed by atoms with Crippen LogP contribution in [0.1, 0.15) is 47.8 Å². The summed E-state index contributed by atoms with van der Waals surface area (Å²) in [6, 6.07) is 19.6. The normalized spacial score (nSPS) is 11.1. The SMILES string of the molecule is Cc1ccc(OCC(=O)Nc2ccc(Cl)cc2C(=O)c2ccccc2)c(C(C)(C)C)c1. The van der Waals surface area contributed by atoms with E-state index in [9.17, 15) is 9.59 Å². The largest absolute Gasteiger partial charge is 0.483 e. The number of hydrogen-bond acceptors (Lipinski definition) is 3. The van der Waals surface area contributed by atoms with Crippen molar-refractivity contribution in [2.24, 2.45) is 0 Å². The lowest BCUT2D eigenvalue weighted by Gasteiger charge is -2.23. The molecule has 3 rings (SSSR count). The highest BCUT2D eigenvalue weighted by Crippen LogP contribution is 2.32. The zero-order valence-electron chi connectivity index (χ0n) is 18.2. The lowest BCUT2D eigenvalue weighted by Crippen LogP contribution is -2.23. The third-order valence-electron chi connectivity index (χ3n) is 4.84. The monoisotopic (exact) mass is 435 g/mol. The van der Waals surface area contributed by atoms with Crippen LogP contribution in [-0.2, 0) is 10.2 Å². The van der Waals surface area contributed by atoms with Crippen LogP contribution in [0.3, 0.4) is 0 Å². The van der Waals surface area contributed by atoms with Crippen LogP contribution in [0.5, 0.6) is 5.75 Å². The van der Waals surface area contributed by atoms with Crippen LogP contribution < -0.4 is 10.1 Å². The molecule has 0 heterocycles. The first kappa shape index (κ1) is 22.6. The van der Waals surface area contributed by atoms with Gasteiger partial charge in [-0.25, -0.2) is 0 Å². The molecule has 4 nitrogen and oxygen atoms in total. The molecule has 0 spiro atoms. The molecule has 0 atom stereocenters. The zero-order valence-corrected chi connectivity index (χ0v) is 18.9. The highest BCUT2D eigenvalue weighted by Gasteiger charge is 2.20. The Hall–Kier alpha value is -3.11. The Bertz CT molecular complexity index is 1100. The topological polar surface area (TPSA) is 55.4 Å². The van der Waals surface area contributed by atoms with Gasteiger partial charge in [0.25, 0.3) is 5.91 Å². The lowest BCUT2D eigenvalue weighted by atomic mass is 9.85. The van der Waals surface area contributed by atoms with Crippen molar-refractivity contribution in [2.75, 3.05) is 11.9 Å². The Balaban J connectivity index is 1.77. The van der Waals surface area contributed by atoms with Crippen molar-refractivity contribution in [3.05, 3.63) is 94.0 Å². The quantitative estimate of drug-likeness (QED) is 0.469. The predicted octanol–water partition coefficient (Wildman–Crippen LogP) is 6.19. The fourth-order valence-electron chi connectivity index (χ4n) is 3.24. The molecule has 1 N–H and O–H groups in total. The average molecular weight is 436 g/mol. The second kappa shape index (κ2) is 9.36. The second-order valence-electron chi connectivity index (χ2n) is 8.47. The average Bonchev–Trinajstić information content (AvgIpc) is 2.73. The fourth-order valence-corrected chi connectivity index (χ4v) is 3.42. The number of aryl methyl sites for hydroxylation is 1. The summed E-state index contributed by atoms with van der Waals surface area (Å²) in [5, 5.41) is 3.20. The van der Waals surface area contributed by atoms with Crippen LogP contribution in [0.4, 0.5) is 5.69 Å². The second-order valence-corrected chi connectivity index (χ2v) is 8.91. The number of rotatable bonds is 6. The van der Waals surface area contributed by atoms with Gasteiger partial charge in [0, 0.05) is 16.1 Å². The maximum atomic E-state index is 12.9. The van der Waals surface area contributed by atoms with E-state index in [0.29, 0.717) is 27.6 Å². The maximum Gasteiger partial charge on any atom is 0.262 e. The molecular weight excluding hydrogens is 410 g/mol. The van der Waals surface area contributed by atoms with Crippen molar-refractivity contribution in [1.29, 1.82) is 0 Å². The first-order chi connectivity index (χ1) is 14.6. The summed E-state index contributed by atoms with van der Waals surface area (Å²) in [4.78, 5) is 25.6. The van der Waals surface area contributed by atoms with Gasteiger partial charge in [-0.15, -0.1) is 0 Å². The van der Waals surface area contributed by atoms with Crippen LogP contribution >= 0.6 is 11.6 Å². The van der Waals surface area contributed by atoms with Crippen molar-refractivity contribution >= 4 is 29.0 Å². The number of hydrogen-bond donors (Lipinski definition) is 1. The van der Waals surface area contributed by atoms with Crippen molar-refractivity contribution < 1.29 is 14.3 Å². The Kier molecular flexibility index (Phi) is 6.81. The minimum absolute atomic E-state index is 0.122. The molecule has 0 aliphatic heterocycles. The maximum absolute atomic E-state index is 12.9. The van der Waals surface area contributed by atoms with Gasteiger partial charge in [0.1, 0.15) is 5.75 Å². The van der Waals surface area contributed by atoms with E-state index in [1.54, 1.807) is 42.5 Å². The van der Waals surface area contributed by atoms with Gasteiger partial charge < -0.3 is 10.1 Å². The minimum Gasteiger partial charge on any atom is -0.483 e. The number of ether oxygens (including phenoxy) is 1. The van der Waals surface area contributed by atoms with E-state index in [1.165, 1.54) is 0 Å². The molecular formula is C26H26ClNO3. The first-order valence-electron chi connectivity index (χ1n) is 10.1. The Labute approximate surface area is 188 Å². The molecule has 31 heavy (non-hydrogen) atoms. The number of carbonyl (C=O) groups excluding carboxylic acids is 2. The summed E-state index contributed by atoms with van der Waals surface area (Å²) < 4.78 is 5.84. The van der Waals surface area contributed by atoms with E-state index in [0.717, 1.165) is 11.1 Å². The minimum atomic E-state index is -0.357. The number of ketones is 1. The summed E-state index contributed by atoms with van der Waals surface area (Å²) in [5.41, 5.74) is 3.29. The Morgan fingerprint density at radius 3 is 2.35 bits per heavy atom. The van der Waals surface area contributed by atoms with E-state index < -0.39 is 0 Å². The highest BCUT2D eigenvalue weighted by atomic mass is 35.5. The van der Waals surface area contributed by atoms with Gasteiger partial charge in [-0.3, -0.25) is 9.59 Å². The van der Waals surface area contributed by atoms with Gasteiger partial charge in [0.05, 0.1) is 5.69 Å². The van der Waals surface area contributed by atoms with Gasteiger partial charge in [0.15, 0.2) is 12.4 Å². The summed E-state index contributed by atoms with van der Waals surface area (Å²) >= 11 is 6.11. The van der Waals surface area contributed by atoms with Gasteiger partial charge in [-0.1, -0.05) is 80.4 Å². The smallest absolute Gasteiger partial charge is 0.262 e. The van der Waals surface area contributed by atoms with E-state index in [4.69, 9.17) is 16.3 Å². The molecule has 3 aromatic carbocycles. The lowest BCUT2D eigenvalue weighted by molar-refractivity contribution is -0.118. The van der Waals surface area contributed by atoms with E-state index in [2.05, 4.69) is 32.2 Å². The number of halogens is 1. The molecule has 0 aromatic heterocycles. The van der Waals surface area contributed by atoms with Crippen LogP contribution in [0.25, 0.3) is 0 Å². The van der Waals surface area contributed by atoms with Crippen molar-refractivity contribution in [2.45, 2.75) is 33.1 Å². The molecule has 1 amide bonds. The van der Waals surface area contributed by atoms with Crippen LogP contribution in [-0.4, -0.2) is 18.3 Å². The van der Waals surface area contributed by atoms with Crippen molar-refractivity contribution in [1.82, 2.24) is 0 Å². The summed E-state index contributed by atoms with van der Waals surface area (Å²) in [6.45, 7) is 8.16. The molecule has 0 fully saturated rings. The van der Waals surface area contributed by atoms with Crippen molar-refractivity contribution in [3.63, 3.8) is 0 Å². The molecule has 3 aromatic rings. The highest BCUT2D eigenvalue weighted by molar-refractivity contribution is 6.31. The number of amides is 1. The number of anilines is 1. The van der Waals surface area contributed by atoms with E-state index in [1.807, 2.05) is 25.1 Å². The predicted molar refractivity (Wildman–Crippen MR) is 125 cm³/mol. The molecule has 0 bridgehead atoms. The van der Waals surface area contributed by atoms with Crippen LogP contribution in [0, 0.1) is 6.92 Å². The van der Waals surface area contributed by atoms with Gasteiger partial charge in [-0.2, -0.15) is 0 Å². The molecule has 0 saturated heterocycles. The number of carbonyl (C=O) groups is 2. The van der Waals surface area contributed by atoms with Crippen LogP contribution in [0.2, 0.25) is 5.02 Å². The van der Waals surface area contributed by atoms with Crippen molar-refractivity contribution in [3.8, 4) is 5.75 Å². The number of benzene rings is 3. The van der Waals surface area contributed by atoms with Gasteiger partial charge in [-0.05, 0) is 42.2 Å². The molecule has 160 valence electrons. The molecule has 0 saturated carbocycles. The van der Waals surface area contributed by atoms with E-state index >= 15 is 0 Å². The van der Waals surface area contributed by atoms with Crippen LogP contribution in [0.15, 0.2) is 66.7 Å².